The predicted octanol–water partition coefficient (Wildman–Crippen LogP) is 2.70. The van der Waals surface area contributed by atoms with Crippen LogP contribution in [0.25, 0.3) is 0 Å². The van der Waals surface area contributed by atoms with Gasteiger partial charge in [0.1, 0.15) is 0 Å². The van der Waals surface area contributed by atoms with Gasteiger partial charge in [0.15, 0.2) is 0 Å². The summed E-state index contributed by atoms with van der Waals surface area (Å²) >= 11 is 3.47. The molecule has 2 aliphatic rings. The van der Waals surface area contributed by atoms with Gasteiger partial charge in [-0.1, -0.05) is 0 Å². The molecule has 0 aromatic carbocycles. The van der Waals surface area contributed by atoms with E-state index < -0.39 is 0 Å². The summed E-state index contributed by atoms with van der Waals surface area (Å²) in [6.07, 6.45) is 7.96. The highest BCUT2D eigenvalue weighted by Gasteiger charge is 2.39. The highest BCUT2D eigenvalue weighted by molar-refractivity contribution is 9.10. The summed E-state index contributed by atoms with van der Waals surface area (Å²) in [7, 11) is 0. The zero-order valence-corrected chi connectivity index (χ0v) is 10.2. The van der Waals surface area contributed by atoms with Gasteiger partial charge in [-0.15, -0.1) is 0 Å². The zero-order chi connectivity index (χ0) is 10.3. The van der Waals surface area contributed by atoms with Crippen LogP contribution < -0.4 is 5.32 Å². The maximum Gasteiger partial charge on any atom is 0.0410 e. The number of nitrogens with one attached hydrogen (secondary N) is 1. The Labute approximate surface area is 98.6 Å². The van der Waals surface area contributed by atoms with E-state index in [-0.39, 0.29) is 0 Å². The van der Waals surface area contributed by atoms with Crippen LogP contribution in [-0.4, -0.2) is 17.6 Å². The summed E-state index contributed by atoms with van der Waals surface area (Å²) in [6.45, 7) is 1.20. The van der Waals surface area contributed by atoms with Gasteiger partial charge in [0, 0.05) is 22.9 Å². The number of hydrogen-bond acceptors (Lipinski definition) is 2. The molecule has 0 amide bonds. The van der Waals surface area contributed by atoms with E-state index in [1.54, 1.807) is 0 Å². The molecule has 0 radical (unpaired) electrons. The van der Waals surface area contributed by atoms with E-state index in [1.165, 1.54) is 31.4 Å². The Hall–Kier alpha value is -0.410. The second-order valence-corrected chi connectivity index (χ2v) is 5.64. The molecule has 1 heterocycles. The highest BCUT2D eigenvalue weighted by Crippen LogP contribution is 2.47. The number of hydrogen-bond donors (Lipinski definition) is 1. The third-order valence-corrected chi connectivity index (χ3v) is 3.76. The van der Waals surface area contributed by atoms with Crippen molar-refractivity contribution in [1.82, 2.24) is 10.3 Å². The first-order valence-corrected chi connectivity index (χ1v) is 6.46. The largest absolute Gasteiger partial charge is 0.314 e. The van der Waals surface area contributed by atoms with Crippen LogP contribution in [0.1, 0.15) is 30.7 Å². The van der Waals surface area contributed by atoms with Crippen LogP contribution in [0.15, 0.2) is 22.9 Å². The van der Waals surface area contributed by atoms with Crippen LogP contribution in [0, 0.1) is 5.92 Å². The summed E-state index contributed by atoms with van der Waals surface area (Å²) in [4.78, 5) is 4.22. The molecule has 3 heteroatoms. The normalized spacial score (nSPS) is 29.1. The van der Waals surface area contributed by atoms with Crippen molar-refractivity contribution in [3.8, 4) is 0 Å². The summed E-state index contributed by atoms with van der Waals surface area (Å²) in [5.74, 6) is 1.60. The first-order chi connectivity index (χ1) is 7.33. The van der Waals surface area contributed by atoms with Gasteiger partial charge in [-0.3, -0.25) is 4.98 Å². The molecule has 0 aliphatic heterocycles. The van der Waals surface area contributed by atoms with Gasteiger partial charge in [0.05, 0.1) is 0 Å². The minimum atomic E-state index is 0.751. The Balaban J connectivity index is 1.56. The molecule has 15 heavy (non-hydrogen) atoms. The molecule has 1 aromatic rings. The van der Waals surface area contributed by atoms with Crippen molar-refractivity contribution in [2.24, 2.45) is 5.92 Å². The maximum absolute atomic E-state index is 4.22. The average molecular weight is 267 g/mol. The summed E-state index contributed by atoms with van der Waals surface area (Å²) in [5.41, 5.74) is 1.40. The molecule has 0 spiro atoms. The summed E-state index contributed by atoms with van der Waals surface area (Å²) in [6, 6.07) is 3.04. The highest BCUT2D eigenvalue weighted by atomic mass is 79.9. The number of halogens is 1. The standard InChI is InChI=1S/C12H15BrN2/c13-10-3-8(5-14-7-10)12-4-9(12)6-15-11-1-2-11/h3,5,7,9,11-12,15H,1-2,4,6H2. The third-order valence-electron chi connectivity index (χ3n) is 3.32. The van der Waals surface area contributed by atoms with Gasteiger partial charge < -0.3 is 5.32 Å². The second kappa shape index (κ2) is 3.87. The number of rotatable bonds is 4. The van der Waals surface area contributed by atoms with Gasteiger partial charge in [0.2, 0.25) is 0 Å². The monoisotopic (exact) mass is 266 g/mol. The quantitative estimate of drug-likeness (QED) is 0.907. The molecular formula is C12H15BrN2. The van der Waals surface area contributed by atoms with Gasteiger partial charge in [0.25, 0.3) is 0 Å². The fraction of sp³-hybridized carbons (Fsp3) is 0.583. The Morgan fingerprint density at radius 1 is 1.40 bits per heavy atom. The number of nitrogens with zero attached hydrogens (tertiary/aromatic N) is 1. The lowest BCUT2D eigenvalue weighted by Crippen LogP contribution is -2.19. The fourth-order valence-corrected chi connectivity index (χ4v) is 2.50. The number of aromatic nitrogens is 1. The lowest BCUT2D eigenvalue weighted by molar-refractivity contribution is 0.623. The Morgan fingerprint density at radius 3 is 3.00 bits per heavy atom. The summed E-state index contributed by atoms with van der Waals surface area (Å²) < 4.78 is 1.10. The first kappa shape index (κ1) is 9.79. The van der Waals surface area contributed by atoms with E-state index in [4.69, 9.17) is 0 Å². The van der Waals surface area contributed by atoms with Gasteiger partial charge in [-0.05, 0) is 65.2 Å². The SMILES string of the molecule is Brc1cncc(C2CC2CNC2CC2)c1. The lowest BCUT2D eigenvalue weighted by Gasteiger charge is -2.02. The van der Waals surface area contributed by atoms with Crippen LogP contribution in [0.2, 0.25) is 0 Å². The van der Waals surface area contributed by atoms with Crippen LogP contribution in [0.4, 0.5) is 0 Å². The van der Waals surface area contributed by atoms with Crippen LogP contribution in [0.3, 0.4) is 0 Å². The molecule has 2 atom stereocenters. The van der Waals surface area contributed by atoms with E-state index in [0.29, 0.717) is 0 Å². The van der Waals surface area contributed by atoms with E-state index >= 15 is 0 Å². The molecular weight excluding hydrogens is 252 g/mol. The molecule has 0 saturated heterocycles. The van der Waals surface area contributed by atoms with E-state index in [1.807, 2.05) is 12.4 Å². The Bertz CT molecular complexity index is 362. The molecule has 2 aliphatic carbocycles. The van der Waals surface area contributed by atoms with Crippen molar-refractivity contribution in [3.05, 3.63) is 28.5 Å². The Morgan fingerprint density at radius 2 is 2.27 bits per heavy atom. The fourth-order valence-electron chi connectivity index (χ4n) is 2.12. The van der Waals surface area contributed by atoms with Crippen molar-refractivity contribution >= 4 is 15.9 Å². The first-order valence-electron chi connectivity index (χ1n) is 5.67. The molecule has 2 saturated carbocycles. The van der Waals surface area contributed by atoms with Crippen LogP contribution in [0.5, 0.6) is 0 Å². The lowest BCUT2D eigenvalue weighted by atomic mass is 10.1. The average Bonchev–Trinajstić information content (AvgIpc) is 3.11. The van der Waals surface area contributed by atoms with E-state index in [0.717, 1.165) is 22.4 Å². The minimum absolute atomic E-state index is 0.751. The molecule has 0 bridgehead atoms. The van der Waals surface area contributed by atoms with Crippen LogP contribution in [-0.2, 0) is 0 Å². The van der Waals surface area contributed by atoms with Crippen molar-refractivity contribution in [2.45, 2.75) is 31.2 Å². The van der Waals surface area contributed by atoms with E-state index in [2.05, 4.69) is 32.3 Å². The van der Waals surface area contributed by atoms with Gasteiger partial charge in [-0.2, -0.15) is 0 Å². The molecule has 1 aromatic heterocycles. The molecule has 80 valence electrons. The second-order valence-electron chi connectivity index (χ2n) is 4.72. The Kier molecular flexibility index (Phi) is 2.53. The summed E-state index contributed by atoms with van der Waals surface area (Å²) in [5, 5.41) is 3.60. The molecule has 1 N–H and O–H groups in total. The predicted molar refractivity (Wildman–Crippen MR) is 63.8 cm³/mol. The van der Waals surface area contributed by atoms with Crippen molar-refractivity contribution < 1.29 is 0 Å². The maximum atomic E-state index is 4.22. The smallest absolute Gasteiger partial charge is 0.0410 e. The minimum Gasteiger partial charge on any atom is -0.314 e. The van der Waals surface area contributed by atoms with Gasteiger partial charge >= 0.3 is 0 Å². The van der Waals surface area contributed by atoms with Crippen LogP contribution >= 0.6 is 15.9 Å². The van der Waals surface area contributed by atoms with Crippen molar-refractivity contribution in [3.63, 3.8) is 0 Å². The third kappa shape index (κ3) is 2.40. The number of pyridine rings is 1. The molecule has 2 unspecified atom stereocenters. The van der Waals surface area contributed by atoms with Gasteiger partial charge in [-0.25, -0.2) is 0 Å². The van der Waals surface area contributed by atoms with E-state index in [9.17, 15) is 0 Å². The topological polar surface area (TPSA) is 24.9 Å². The van der Waals surface area contributed by atoms with Crippen molar-refractivity contribution in [2.75, 3.05) is 6.54 Å². The molecule has 2 fully saturated rings. The molecule has 3 rings (SSSR count). The molecule has 2 nitrogen and oxygen atoms in total. The zero-order valence-electron chi connectivity index (χ0n) is 8.62. The van der Waals surface area contributed by atoms with Crippen molar-refractivity contribution in [1.29, 1.82) is 0 Å².